The van der Waals surface area contributed by atoms with Crippen molar-refractivity contribution in [3.05, 3.63) is 101 Å². The molecule has 0 spiro atoms. The van der Waals surface area contributed by atoms with Crippen molar-refractivity contribution in [2.75, 3.05) is 18.0 Å². The first-order valence-corrected chi connectivity index (χ1v) is 25.1. The van der Waals surface area contributed by atoms with Crippen LogP contribution >= 0.6 is 0 Å². The van der Waals surface area contributed by atoms with Crippen LogP contribution < -0.4 is 4.90 Å². The van der Waals surface area contributed by atoms with Crippen LogP contribution in [0.1, 0.15) is 89.8 Å². The Morgan fingerprint density at radius 3 is 1.97 bits per heavy atom. The zero-order valence-corrected chi connectivity index (χ0v) is 39.0. The number of benzene rings is 4. The molecule has 3 heterocycles. The van der Waals surface area contributed by atoms with Crippen LogP contribution in [0.4, 0.5) is 11.4 Å². The van der Waals surface area contributed by atoms with E-state index in [4.69, 9.17) is 4.84 Å². The maximum absolute atomic E-state index is 12.5. The SMILES string of the molecule is CCN1C(=CC=CC=CC2=[N+](CCCCCC(=O)ON3C(=O)CCC3=O)c3ccc4c(S(=O)(=O)[O-])cc(S(=O)(=O)[O-])cc4c3C2(C)C)C(C)(C)c2c1ccc1c(C)cc(S(=O)(=O)[O-])cc21. The molecular weight excluding hydrogens is 899 g/mol. The van der Waals surface area contributed by atoms with Gasteiger partial charge in [-0.05, 0) is 110 Å². The Morgan fingerprint density at radius 1 is 0.738 bits per heavy atom. The van der Waals surface area contributed by atoms with Crippen molar-refractivity contribution in [1.29, 1.82) is 0 Å². The molecule has 16 nitrogen and oxygen atoms in total. The van der Waals surface area contributed by atoms with Crippen LogP contribution in [0.3, 0.4) is 0 Å². The molecule has 1 fully saturated rings. The normalized spacial score (nSPS) is 18.1. The van der Waals surface area contributed by atoms with Crippen LogP contribution in [0.5, 0.6) is 0 Å². The van der Waals surface area contributed by atoms with Crippen LogP contribution in [-0.4, -0.2) is 85.1 Å². The Bertz CT molecular complexity index is 3190. The highest BCUT2D eigenvalue weighted by Crippen LogP contribution is 2.51. The van der Waals surface area contributed by atoms with E-state index in [1.165, 1.54) is 18.2 Å². The number of nitrogens with zero attached hydrogens (tertiary/aromatic N) is 3. The van der Waals surface area contributed by atoms with Gasteiger partial charge in [0.2, 0.25) is 5.69 Å². The number of hydroxylamine groups is 2. The predicted molar refractivity (Wildman–Crippen MR) is 237 cm³/mol. The lowest BCUT2D eigenvalue weighted by Crippen LogP contribution is -2.31. The molecule has 4 aromatic rings. The number of unbranched alkanes of at least 4 members (excludes halogenated alkanes) is 2. The number of likely N-dealkylation sites (N-methyl/N-ethyl adjacent to an activating group) is 1. The first kappa shape index (κ1) is 47.4. The summed E-state index contributed by atoms with van der Waals surface area (Å²) in [6.07, 6.45) is 10.6. The number of hydrogen-bond acceptors (Lipinski definition) is 14. The first-order valence-electron chi connectivity index (χ1n) is 20.9. The first-order chi connectivity index (χ1) is 30.3. The summed E-state index contributed by atoms with van der Waals surface area (Å²) in [7, 11) is -15.2. The van der Waals surface area contributed by atoms with Crippen molar-refractivity contribution >= 4 is 86.8 Å². The topological polar surface area (TPSA) is 242 Å². The van der Waals surface area contributed by atoms with Crippen molar-refractivity contribution in [3.63, 3.8) is 0 Å². The molecule has 0 N–H and O–H groups in total. The van der Waals surface area contributed by atoms with Gasteiger partial charge in [-0.25, -0.2) is 30.0 Å². The van der Waals surface area contributed by atoms with E-state index in [0.29, 0.717) is 71.4 Å². The van der Waals surface area contributed by atoms with Gasteiger partial charge < -0.3 is 23.4 Å². The molecule has 0 bridgehead atoms. The lowest BCUT2D eigenvalue weighted by Gasteiger charge is -2.26. The van der Waals surface area contributed by atoms with Gasteiger partial charge in [0.15, 0.2) is 5.71 Å². The van der Waals surface area contributed by atoms with E-state index in [1.807, 2.05) is 81.7 Å². The molecule has 4 aromatic carbocycles. The highest BCUT2D eigenvalue weighted by Gasteiger charge is 2.46. The van der Waals surface area contributed by atoms with Crippen LogP contribution in [0.15, 0.2) is 99.3 Å². The van der Waals surface area contributed by atoms with Gasteiger partial charge in [-0.3, -0.25) is 9.59 Å². The molecule has 0 aliphatic carbocycles. The highest BCUT2D eigenvalue weighted by atomic mass is 32.2. The monoisotopic (exact) mass is 945 g/mol. The molecule has 0 aromatic heterocycles. The molecule has 0 radical (unpaired) electrons. The van der Waals surface area contributed by atoms with E-state index in [1.54, 1.807) is 13.0 Å². The number of aryl methyl sites for hydroxylation is 1. The number of amides is 2. The Balaban J connectivity index is 1.23. The van der Waals surface area contributed by atoms with Crippen molar-refractivity contribution in [2.45, 2.75) is 106 Å². The summed E-state index contributed by atoms with van der Waals surface area (Å²) in [4.78, 5) is 41.3. The van der Waals surface area contributed by atoms with E-state index < -0.39 is 68.8 Å². The zero-order valence-electron chi connectivity index (χ0n) is 36.5. The summed E-state index contributed by atoms with van der Waals surface area (Å²) in [5.41, 5.74) is 3.55. The minimum absolute atomic E-state index is 0.0250. The van der Waals surface area contributed by atoms with Gasteiger partial charge in [0.05, 0.1) is 20.1 Å². The zero-order chi connectivity index (χ0) is 47.6. The fraction of sp³-hybridized carbons (Fsp3) is 0.348. The third-order valence-corrected chi connectivity index (χ3v) is 14.9. The molecule has 2 amide bonds. The van der Waals surface area contributed by atoms with Crippen molar-refractivity contribution in [1.82, 2.24) is 5.06 Å². The minimum Gasteiger partial charge on any atom is -0.744 e. The quantitative estimate of drug-likeness (QED) is 0.0439. The summed E-state index contributed by atoms with van der Waals surface area (Å²) in [6.45, 7) is 12.5. The van der Waals surface area contributed by atoms with Gasteiger partial charge in [0.1, 0.15) is 36.9 Å². The molecule has 0 saturated carbocycles. The summed E-state index contributed by atoms with van der Waals surface area (Å²) in [6, 6.07) is 11.5. The lowest BCUT2D eigenvalue weighted by atomic mass is 9.79. The van der Waals surface area contributed by atoms with Gasteiger partial charge in [-0.1, -0.05) is 38.1 Å². The van der Waals surface area contributed by atoms with Crippen molar-refractivity contribution < 1.29 is 62.7 Å². The number of carbonyl (C=O) groups excluding carboxylic acids is 3. The molecule has 344 valence electrons. The molecule has 1 saturated heterocycles. The third kappa shape index (κ3) is 8.80. The standard InChI is InChI=1S/C46H49N3O13S3/c1-7-47-35-19-17-31-28(2)24-29(63(53,54)55)25-33(31)43(35)45(3,4)38(47)14-10-8-11-15-39-46(5,6)44-34-26-30(64(56,57)58)27-37(65(59,60)61)32(34)18-20-36(44)48(39)23-13-9-12-16-42(52)62-49-40(50)21-22-41(49)51/h8,10-11,14-15,17-20,24-27H,7,9,12-13,16,21-23H2,1-6H3,(H2-,53,54,55,56,57,58,59,60,61)/p-2. The Morgan fingerprint density at radius 2 is 1.35 bits per heavy atom. The number of rotatable bonds is 14. The van der Waals surface area contributed by atoms with Crippen LogP contribution in [0, 0.1) is 6.92 Å². The molecule has 65 heavy (non-hydrogen) atoms. The molecular formula is C46H47N3O13S3-2. The summed E-state index contributed by atoms with van der Waals surface area (Å²) in [5.74, 6) is -1.88. The molecule has 19 heteroatoms. The number of fused-ring (bicyclic) bond motifs is 6. The van der Waals surface area contributed by atoms with Crippen LogP contribution in [0.25, 0.3) is 21.5 Å². The number of carbonyl (C=O) groups is 3. The van der Waals surface area contributed by atoms with Crippen LogP contribution in [-0.2, 0) is 60.4 Å². The predicted octanol–water partition coefficient (Wildman–Crippen LogP) is 6.37. The fourth-order valence-electron chi connectivity index (χ4n) is 9.45. The van der Waals surface area contributed by atoms with Gasteiger partial charge in [0.25, 0.3) is 11.8 Å². The average molecular weight is 946 g/mol. The van der Waals surface area contributed by atoms with Crippen molar-refractivity contribution in [2.24, 2.45) is 0 Å². The Kier molecular flexibility index (Phi) is 12.4. The summed E-state index contributed by atoms with van der Waals surface area (Å²) < 4.78 is 113. The van der Waals surface area contributed by atoms with Gasteiger partial charge in [0, 0.05) is 72.1 Å². The second-order valence-electron chi connectivity index (χ2n) is 17.3. The number of allylic oxidation sites excluding steroid dienone is 6. The second kappa shape index (κ2) is 17.0. The summed E-state index contributed by atoms with van der Waals surface area (Å²) in [5, 5.41) is 2.07. The Labute approximate surface area is 377 Å². The minimum atomic E-state index is -5.24. The average Bonchev–Trinajstić information content (AvgIpc) is 3.73. The molecule has 3 aliphatic rings. The van der Waals surface area contributed by atoms with Gasteiger partial charge in [-0.15, -0.1) is 5.06 Å². The molecule has 0 unspecified atom stereocenters. The van der Waals surface area contributed by atoms with Crippen molar-refractivity contribution in [3.8, 4) is 0 Å². The fourth-order valence-corrected chi connectivity index (χ4v) is 11.3. The van der Waals surface area contributed by atoms with Crippen LogP contribution in [0.2, 0.25) is 0 Å². The van der Waals surface area contributed by atoms with E-state index >= 15 is 0 Å². The largest absolute Gasteiger partial charge is 0.744 e. The molecule has 0 atom stereocenters. The number of imide groups is 1. The van der Waals surface area contributed by atoms with E-state index in [-0.39, 0.29) is 34.9 Å². The smallest absolute Gasteiger partial charge is 0.333 e. The maximum atomic E-state index is 12.5. The van der Waals surface area contributed by atoms with Gasteiger partial charge in [-0.2, -0.15) is 4.58 Å². The highest BCUT2D eigenvalue weighted by molar-refractivity contribution is 7.86. The third-order valence-electron chi connectivity index (χ3n) is 12.4. The lowest BCUT2D eigenvalue weighted by molar-refractivity contribution is -0.438. The molecule has 3 aliphatic heterocycles. The number of anilines is 1. The maximum Gasteiger partial charge on any atom is 0.333 e. The van der Waals surface area contributed by atoms with Gasteiger partial charge >= 0.3 is 5.97 Å². The summed E-state index contributed by atoms with van der Waals surface area (Å²) >= 11 is 0. The van der Waals surface area contributed by atoms with E-state index in [0.717, 1.165) is 28.4 Å². The van der Waals surface area contributed by atoms with E-state index in [2.05, 4.69) is 4.90 Å². The number of hydrogen-bond donors (Lipinski definition) is 0. The Hall–Kier alpha value is -5.57. The molecule has 7 rings (SSSR count). The van der Waals surface area contributed by atoms with E-state index in [9.17, 15) is 53.3 Å². The second-order valence-corrected chi connectivity index (χ2v) is 21.4.